The molecule has 1 atom stereocenters. The van der Waals surface area contributed by atoms with Gasteiger partial charge in [0.1, 0.15) is 6.61 Å². The fraction of sp³-hybridized carbons (Fsp3) is 0.133. The Morgan fingerprint density at radius 2 is 1.57 bits per heavy atom. The van der Waals surface area contributed by atoms with Gasteiger partial charge < -0.3 is 8.92 Å². The van der Waals surface area contributed by atoms with Gasteiger partial charge in [-0.25, -0.2) is 4.79 Å². The molecule has 1 aliphatic rings. The van der Waals surface area contributed by atoms with Crippen molar-refractivity contribution in [3.63, 3.8) is 0 Å². The molecule has 0 spiro atoms. The van der Waals surface area contributed by atoms with E-state index in [2.05, 4.69) is 4.18 Å². The van der Waals surface area contributed by atoms with Gasteiger partial charge in [0.15, 0.2) is 0 Å². The van der Waals surface area contributed by atoms with Crippen molar-refractivity contribution in [2.75, 3.05) is 6.61 Å². The van der Waals surface area contributed by atoms with E-state index in [0.29, 0.717) is 0 Å². The number of carbonyl (C=O) groups is 1. The molecule has 6 heteroatoms. The van der Waals surface area contributed by atoms with Crippen LogP contribution in [0.5, 0.6) is 0 Å². The van der Waals surface area contributed by atoms with Crippen LogP contribution in [0.25, 0.3) is 11.1 Å². The number of hydrogen-bond donors (Lipinski definition) is 1. The van der Waals surface area contributed by atoms with E-state index < -0.39 is 17.5 Å². The molecule has 0 saturated heterocycles. The maximum Gasteiger partial charge on any atom is 0.524 e. The van der Waals surface area contributed by atoms with Crippen LogP contribution >= 0.6 is 0 Å². The molecule has 0 fully saturated rings. The molecule has 0 aliphatic heterocycles. The Balaban J connectivity index is 1.85. The fourth-order valence-corrected chi connectivity index (χ4v) is 2.84. The van der Waals surface area contributed by atoms with Gasteiger partial charge in [-0.2, -0.15) is 4.21 Å². The highest BCUT2D eigenvalue weighted by Gasteiger charge is 2.29. The van der Waals surface area contributed by atoms with Crippen molar-refractivity contribution in [2.45, 2.75) is 5.92 Å². The molecule has 0 radical (unpaired) electrons. The Kier molecular flexibility index (Phi) is 3.72. The topological polar surface area (TPSA) is 72.8 Å². The molecule has 1 aliphatic carbocycles. The molecular weight excluding hydrogens is 292 g/mol. The number of carbonyl (C=O) groups excluding carboxylic acids is 1. The van der Waals surface area contributed by atoms with Crippen molar-refractivity contribution in [2.24, 2.45) is 0 Å². The minimum absolute atomic E-state index is 0.0596. The van der Waals surface area contributed by atoms with Gasteiger partial charge in [0.2, 0.25) is 0 Å². The molecule has 0 saturated carbocycles. The van der Waals surface area contributed by atoms with Crippen LogP contribution in [-0.4, -0.2) is 21.5 Å². The van der Waals surface area contributed by atoms with Crippen LogP contribution in [0, 0.1) is 0 Å². The van der Waals surface area contributed by atoms with Crippen LogP contribution in [0.15, 0.2) is 48.5 Å². The molecule has 5 nitrogen and oxygen atoms in total. The second kappa shape index (κ2) is 5.67. The third-order valence-corrected chi connectivity index (χ3v) is 3.75. The number of rotatable bonds is 3. The third-order valence-electron chi connectivity index (χ3n) is 3.47. The van der Waals surface area contributed by atoms with E-state index in [4.69, 9.17) is 9.29 Å². The Morgan fingerprint density at radius 3 is 2.10 bits per heavy atom. The van der Waals surface area contributed by atoms with Crippen molar-refractivity contribution in [3.05, 3.63) is 59.7 Å². The van der Waals surface area contributed by atoms with E-state index in [1.165, 1.54) is 0 Å². The quantitative estimate of drug-likeness (QED) is 0.697. The Bertz CT molecular complexity index is 667. The van der Waals surface area contributed by atoms with Gasteiger partial charge in [0, 0.05) is 5.92 Å². The van der Waals surface area contributed by atoms with E-state index in [1.807, 2.05) is 48.5 Å². The summed E-state index contributed by atoms with van der Waals surface area (Å²) in [6, 6.07) is 15.8. The lowest BCUT2D eigenvalue weighted by molar-refractivity contribution is 0.0981. The van der Waals surface area contributed by atoms with Gasteiger partial charge in [-0.05, 0) is 22.3 Å². The monoisotopic (exact) mass is 304 g/mol. The standard InChI is InChI=1S/C15H12O5S/c16-15(20-21(17)18)19-9-14-12-7-3-1-5-10(12)11-6-2-4-8-13(11)14/h1-8,14H,9H2,(H,17,18). The average molecular weight is 304 g/mol. The van der Waals surface area contributed by atoms with Gasteiger partial charge in [0.05, 0.1) is 0 Å². The lowest BCUT2D eigenvalue weighted by Gasteiger charge is -2.13. The summed E-state index contributed by atoms with van der Waals surface area (Å²) in [6.45, 7) is 0.0596. The number of hydrogen-bond acceptors (Lipinski definition) is 4. The summed E-state index contributed by atoms with van der Waals surface area (Å²) in [7, 11) is 0. The molecular formula is C15H12O5S. The van der Waals surface area contributed by atoms with Crippen LogP contribution < -0.4 is 0 Å². The minimum atomic E-state index is -2.66. The molecule has 2 aromatic rings. The summed E-state index contributed by atoms with van der Waals surface area (Å²) in [6.07, 6.45) is -1.15. The summed E-state index contributed by atoms with van der Waals surface area (Å²) >= 11 is -2.66. The van der Waals surface area contributed by atoms with Crippen LogP contribution in [-0.2, 0) is 20.3 Å². The van der Waals surface area contributed by atoms with Crippen molar-refractivity contribution in [3.8, 4) is 11.1 Å². The molecule has 2 aromatic carbocycles. The van der Waals surface area contributed by atoms with Crippen LogP contribution in [0.4, 0.5) is 4.79 Å². The van der Waals surface area contributed by atoms with E-state index >= 15 is 0 Å². The Morgan fingerprint density at radius 1 is 1.05 bits per heavy atom. The minimum Gasteiger partial charge on any atom is -0.432 e. The van der Waals surface area contributed by atoms with Crippen LogP contribution in [0.3, 0.4) is 0 Å². The van der Waals surface area contributed by atoms with Gasteiger partial charge >= 0.3 is 17.5 Å². The normalized spacial score (nSPS) is 14.1. The summed E-state index contributed by atoms with van der Waals surface area (Å²) in [4.78, 5) is 11.2. The number of fused-ring (bicyclic) bond motifs is 3. The molecule has 1 N–H and O–H groups in total. The smallest absolute Gasteiger partial charge is 0.432 e. The first-order valence-electron chi connectivity index (χ1n) is 6.31. The number of benzene rings is 2. The second-order valence-electron chi connectivity index (χ2n) is 4.59. The summed E-state index contributed by atoms with van der Waals surface area (Å²) < 4.78 is 27.9. The third kappa shape index (κ3) is 2.68. The molecule has 0 bridgehead atoms. The lowest BCUT2D eigenvalue weighted by atomic mass is 9.98. The van der Waals surface area contributed by atoms with Crippen molar-refractivity contribution in [1.29, 1.82) is 0 Å². The van der Waals surface area contributed by atoms with E-state index in [1.54, 1.807) is 0 Å². The highest BCUT2D eigenvalue weighted by Crippen LogP contribution is 2.44. The predicted octanol–water partition coefficient (Wildman–Crippen LogP) is 3.09. The molecule has 108 valence electrons. The summed E-state index contributed by atoms with van der Waals surface area (Å²) in [5.74, 6) is -0.0999. The van der Waals surface area contributed by atoms with Crippen LogP contribution in [0.2, 0.25) is 0 Å². The van der Waals surface area contributed by atoms with Gasteiger partial charge in [-0.3, -0.25) is 4.55 Å². The SMILES string of the molecule is O=C(OCC1c2ccccc2-c2ccccc21)OS(=O)O. The zero-order valence-corrected chi connectivity index (χ0v) is 11.7. The van der Waals surface area contributed by atoms with E-state index in [0.717, 1.165) is 22.3 Å². The zero-order chi connectivity index (χ0) is 14.8. The first kappa shape index (κ1) is 13.8. The van der Waals surface area contributed by atoms with Crippen molar-refractivity contribution >= 4 is 17.5 Å². The first-order chi connectivity index (χ1) is 10.2. The maximum absolute atomic E-state index is 11.2. The van der Waals surface area contributed by atoms with Crippen LogP contribution in [0.1, 0.15) is 17.0 Å². The fourth-order valence-electron chi connectivity index (χ4n) is 2.67. The van der Waals surface area contributed by atoms with E-state index in [-0.39, 0.29) is 12.5 Å². The van der Waals surface area contributed by atoms with Gasteiger partial charge in [-0.15, -0.1) is 0 Å². The van der Waals surface area contributed by atoms with Gasteiger partial charge in [-0.1, -0.05) is 48.5 Å². The number of ether oxygens (including phenoxy) is 1. The van der Waals surface area contributed by atoms with Crippen molar-refractivity contribution < 1.29 is 22.5 Å². The second-order valence-corrected chi connectivity index (χ2v) is 5.19. The zero-order valence-electron chi connectivity index (χ0n) is 10.9. The average Bonchev–Trinajstić information content (AvgIpc) is 2.79. The van der Waals surface area contributed by atoms with Crippen molar-refractivity contribution in [1.82, 2.24) is 0 Å². The molecule has 3 rings (SSSR count). The molecule has 1 unspecified atom stereocenters. The highest BCUT2D eigenvalue weighted by atomic mass is 32.2. The first-order valence-corrected chi connectivity index (χ1v) is 7.34. The Hall–Kier alpha value is -2.18. The van der Waals surface area contributed by atoms with Gasteiger partial charge in [0.25, 0.3) is 0 Å². The highest BCUT2D eigenvalue weighted by molar-refractivity contribution is 7.74. The maximum atomic E-state index is 11.2. The predicted molar refractivity (Wildman–Crippen MR) is 76.9 cm³/mol. The molecule has 0 aromatic heterocycles. The Labute approximate surface area is 124 Å². The van der Waals surface area contributed by atoms with E-state index in [9.17, 15) is 9.00 Å². The summed E-state index contributed by atoms with van der Waals surface area (Å²) in [5, 5.41) is 0. The lowest BCUT2D eigenvalue weighted by Crippen LogP contribution is -2.14. The molecule has 0 amide bonds. The molecule has 0 heterocycles. The largest absolute Gasteiger partial charge is 0.524 e. The molecule has 21 heavy (non-hydrogen) atoms. The summed E-state index contributed by atoms with van der Waals surface area (Å²) in [5.41, 5.74) is 4.36.